The number of nitrogens with two attached hydrogens (primary N) is 12. The standard InChI is InChI=1S/6C2H8N2.2Cr.3H2O4S/c6*3-1-2-4;;;3*1-5(2,3)4/h6*1-4H2;;;3*(H2,1,2,3,4)/q;;;;;;2*+3;;;/p-6. The fraction of sp³-hybridized carbons (Fsp3) is 1.00. The van der Waals surface area contributed by atoms with Gasteiger partial charge in [0.25, 0.3) is 0 Å². The molecule has 24 nitrogen and oxygen atoms in total. The molecule has 0 spiro atoms. The van der Waals surface area contributed by atoms with Gasteiger partial charge in [-0.15, -0.1) is 0 Å². The van der Waals surface area contributed by atoms with Gasteiger partial charge in [0.1, 0.15) is 0 Å². The molecule has 0 aromatic carbocycles. The number of hydrogen-bond donors (Lipinski definition) is 12. The van der Waals surface area contributed by atoms with Crippen molar-refractivity contribution in [2.45, 2.75) is 0 Å². The summed E-state index contributed by atoms with van der Waals surface area (Å²) in [6.07, 6.45) is 0. The Kier molecular flexibility index (Phi) is 121. The van der Waals surface area contributed by atoms with E-state index in [9.17, 15) is 0 Å². The maximum absolute atomic E-state index is 8.52. The fourth-order valence-electron chi connectivity index (χ4n) is 0. The summed E-state index contributed by atoms with van der Waals surface area (Å²) < 4.78 is 102. The molecule has 0 heterocycles. The summed E-state index contributed by atoms with van der Waals surface area (Å²) in [4.78, 5) is 0. The molecule has 0 aliphatic carbocycles. The van der Waals surface area contributed by atoms with Gasteiger partial charge in [0.05, 0.1) is 0 Å². The zero-order valence-electron chi connectivity index (χ0n) is 22.4. The van der Waals surface area contributed by atoms with E-state index >= 15 is 0 Å². The van der Waals surface area contributed by atoms with Crippen molar-refractivity contribution in [2.75, 3.05) is 78.5 Å². The number of rotatable bonds is 6. The molecule has 0 fully saturated rings. The largest absolute Gasteiger partial charge is 3.00 e. The van der Waals surface area contributed by atoms with E-state index < -0.39 is 31.2 Å². The topological polar surface area (TPSA) is 553 Å². The van der Waals surface area contributed by atoms with E-state index in [1.54, 1.807) is 0 Å². The van der Waals surface area contributed by atoms with Crippen LogP contribution in [0.3, 0.4) is 0 Å². The molecule has 0 rings (SSSR count). The van der Waals surface area contributed by atoms with Crippen LogP contribution in [-0.4, -0.2) is 131 Å². The zero-order valence-corrected chi connectivity index (χ0v) is 27.4. The van der Waals surface area contributed by atoms with Crippen LogP contribution >= 0.6 is 0 Å². The van der Waals surface area contributed by atoms with Gasteiger partial charge >= 0.3 is 34.7 Å². The van der Waals surface area contributed by atoms with Crippen molar-refractivity contribution in [1.82, 2.24) is 0 Å². The molecule has 0 saturated heterocycles. The van der Waals surface area contributed by atoms with E-state index in [1.807, 2.05) is 0 Å². The van der Waals surface area contributed by atoms with Crippen LogP contribution in [0.25, 0.3) is 0 Å². The van der Waals surface area contributed by atoms with Crippen molar-refractivity contribution in [1.29, 1.82) is 0 Å². The van der Waals surface area contributed by atoms with Crippen LogP contribution in [0, 0.1) is 0 Å². The molecule has 24 N–H and O–H groups in total. The van der Waals surface area contributed by atoms with Crippen LogP contribution in [0.2, 0.25) is 0 Å². The normalized spacial score (nSPS) is 8.63. The van der Waals surface area contributed by atoms with Crippen molar-refractivity contribution in [2.24, 2.45) is 68.8 Å². The monoisotopic (exact) mass is 752 g/mol. The molecule has 0 aromatic rings. The van der Waals surface area contributed by atoms with Crippen LogP contribution < -0.4 is 68.8 Å². The van der Waals surface area contributed by atoms with Crippen molar-refractivity contribution in [3.05, 3.63) is 0 Å². The molecule has 0 bridgehead atoms. The predicted molar refractivity (Wildman–Crippen MR) is 140 cm³/mol. The second-order valence-electron chi connectivity index (χ2n) is 4.69. The molecule has 2 radical (unpaired) electrons. The molecular formula is C12H48Cr2N12O12S3. The number of hydrogen-bond acceptors (Lipinski definition) is 24. The summed E-state index contributed by atoms with van der Waals surface area (Å²) in [5.74, 6) is 0. The molecule has 0 unspecified atom stereocenters. The van der Waals surface area contributed by atoms with Gasteiger partial charge in [0.2, 0.25) is 0 Å². The SMILES string of the molecule is NCCN.NCCN.NCCN.NCCN.NCCN.NCCN.O=S(=O)([O-])[O-].O=S(=O)([O-])[O-].O=S(=O)([O-])[O-].[Cr+3].[Cr+3]. The summed E-state index contributed by atoms with van der Waals surface area (Å²) in [6.45, 7) is 7.17. The van der Waals surface area contributed by atoms with Crippen molar-refractivity contribution < 1.29 is 87.3 Å². The van der Waals surface area contributed by atoms with E-state index in [-0.39, 0.29) is 34.7 Å². The first-order valence-electron chi connectivity index (χ1n) is 9.90. The molecular weight excluding hydrogens is 704 g/mol. The molecule has 0 amide bonds. The summed E-state index contributed by atoms with van der Waals surface area (Å²) in [5, 5.41) is 0. The Bertz CT molecular complexity index is 532. The van der Waals surface area contributed by atoms with Gasteiger partial charge < -0.3 is 96.1 Å². The average molecular weight is 753 g/mol. The van der Waals surface area contributed by atoms with Gasteiger partial charge in [-0.25, -0.2) is 0 Å². The second-order valence-corrected chi connectivity index (χ2v) is 7.14. The Morgan fingerprint density at radius 1 is 0.268 bits per heavy atom. The first kappa shape index (κ1) is 73.0. The van der Waals surface area contributed by atoms with Crippen LogP contribution in [-0.2, 0) is 65.9 Å². The molecule has 0 aromatic heterocycles. The summed E-state index contributed by atoms with van der Waals surface area (Å²) in [7, 11) is -15.5. The van der Waals surface area contributed by atoms with Crippen molar-refractivity contribution >= 4 is 31.2 Å². The van der Waals surface area contributed by atoms with Gasteiger partial charge in [0, 0.05) is 110 Å². The van der Waals surface area contributed by atoms with Crippen molar-refractivity contribution in [3.8, 4) is 0 Å². The van der Waals surface area contributed by atoms with Crippen LogP contribution in [0.1, 0.15) is 0 Å². The minimum atomic E-state index is -5.17. The first-order chi connectivity index (χ1) is 17.5. The Balaban J connectivity index is -0.0000000273. The van der Waals surface area contributed by atoms with E-state index in [4.69, 9.17) is 121 Å². The van der Waals surface area contributed by atoms with Gasteiger partial charge in [-0.05, 0) is 0 Å². The predicted octanol–water partition coefficient (Wildman–Crippen LogP) is -10.6. The van der Waals surface area contributed by atoms with Crippen LogP contribution in [0.4, 0.5) is 0 Å². The molecule has 0 atom stereocenters. The van der Waals surface area contributed by atoms with E-state index in [2.05, 4.69) is 0 Å². The second kappa shape index (κ2) is 67.7. The van der Waals surface area contributed by atoms with E-state index in [1.165, 1.54) is 0 Å². The summed E-state index contributed by atoms with van der Waals surface area (Å²) >= 11 is 0. The third-order valence-corrected chi connectivity index (χ3v) is 1.00. The molecule has 0 aliphatic rings. The maximum atomic E-state index is 8.52. The molecule has 29 heteroatoms. The molecule has 258 valence electrons. The van der Waals surface area contributed by atoms with E-state index in [0.29, 0.717) is 78.5 Å². The van der Waals surface area contributed by atoms with Gasteiger partial charge in [-0.3, -0.25) is 25.3 Å². The minimum absolute atomic E-state index is 0. The van der Waals surface area contributed by atoms with Crippen molar-refractivity contribution in [3.63, 3.8) is 0 Å². The van der Waals surface area contributed by atoms with Crippen LogP contribution in [0.5, 0.6) is 0 Å². The quantitative estimate of drug-likeness (QED) is 0.0885. The fourth-order valence-corrected chi connectivity index (χ4v) is 0. The maximum Gasteiger partial charge on any atom is 3.00 e. The van der Waals surface area contributed by atoms with Gasteiger partial charge in [-0.2, -0.15) is 0 Å². The Labute approximate surface area is 265 Å². The third-order valence-electron chi connectivity index (χ3n) is 1.00. The molecule has 0 saturated carbocycles. The zero-order chi connectivity index (χ0) is 34.0. The Hall–Kier alpha value is 0.195. The third kappa shape index (κ3) is 1530. The van der Waals surface area contributed by atoms with Gasteiger partial charge in [0.15, 0.2) is 0 Å². The minimum Gasteiger partial charge on any atom is -0.759 e. The molecule has 41 heavy (non-hydrogen) atoms. The molecule has 0 aliphatic heterocycles. The van der Waals surface area contributed by atoms with E-state index in [0.717, 1.165) is 0 Å². The average Bonchev–Trinajstić information content (AvgIpc) is 2.81. The first-order valence-corrected chi connectivity index (χ1v) is 13.9. The van der Waals surface area contributed by atoms with Gasteiger partial charge in [-0.1, -0.05) is 0 Å². The Morgan fingerprint density at radius 3 is 0.293 bits per heavy atom. The van der Waals surface area contributed by atoms with Crippen LogP contribution in [0.15, 0.2) is 0 Å². The Morgan fingerprint density at radius 2 is 0.293 bits per heavy atom. The summed E-state index contributed by atoms with van der Waals surface area (Å²) in [5.41, 5.74) is 58.8. The summed E-state index contributed by atoms with van der Waals surface area (Å²) in [6, 6.07) is 0. The smallest absolute Gasteiger partial charge is 0.759 e.